The molecule has 0 fully saturated rings. The monoisotopic (exact) mass is 263 g/mol. The first-order valence-corrected chi connectivity index (χ1v) is 5.63. The molecule has 0 aliphatic carbocycles. The van der Waals surface area contributed by atoms with Crippen LogP contribution in [-0.4, -0.2) is 16.1 Å². The molecule has 2 rings (SSSR count). The third-order valence-corrected chi connectivity index (χ3v) is 2.81. The Morgan fingerprint density at radius 2 is 1.89 bits per heavy atom. The van der Waals surface area contributed by atoms with Crippen LogP contribution in [0, 0.1) is 0 Å². The summed E-state index contributed by atoms with van der Waals surface area (Å²) in [5.41, 5.74) is 0.599. The predicted octanol–water partition coefficient (Wildman–Crippen LogP) is 2.32. The molecule has 18 heavy (non-hydrogen) atoms. The minimum atomic E-state index is -1.23. The Balaban J connectivity index is 2.35. The zero-order valence-corrected chi connectivity index (χ0v) is 10.1. The number of pyridine rings is 1. The lowest BCUT2D eigenvalue weighted by Gasteiger charge is -2.02. The van der Waals surface area contributed by atoms with E-state index >= 15 is 0 Å². The molecule has 0 unspecified atom stereocenters. The van der Waals surface area contributed by atoms with Crippen LogP contribution in [0.5, 0.6) is 0 Å². The van der Waals surface area contributed by atoms with E-state index in [4.69, 9.17) is 16.7 Å². The molecule has 1 aromatic carbocycles. The normalized spacial score (nSPS) is 10.3. The quantitative estimate of drug-likeness (QED) is 0.893. The highest BCUT2D eigenvalue weighted by molar-refractivity contribution is 6.30. The van der Waals surface area contributed by atoms with Crippen LogP contribution in [0.25, 0.3) is 0 Å². The van der Waals surface area contributed by atoms with Crippen molar-refractivity contribution in [3.05, 3.63) is 68.6 Å². The number of carbonyl (C=O) groups is 1. The van der Waals surface area contributed by atoms with Crippen LogP contribution < -0.4 is 5.43 Å². The van der Waals surface area contributed by atoms with Crippen molar-refractivity contribution in [2.45, 2.75) is 6.42 Å². The lowest BCUT2D eigenvalue weighted by molar-refractivity contribution is 0.0695. The molecule has 4 nitrogen and oxygen atoms in total. The molecule has 2 N–H and O–H groups in total. The van der Waals surface area contributed by atoms with Crippen molar-refractivity contribution >= 4 is 17.6 Å². The fourth-order valence-corrected chi connectivity index (χ4v) is 1.77. The van der Waals surface area contributed by atoms with E-state index in [2.05, 4.69) is 4.98 Å². The SMILES string of the molecule is O=C(O)c1c[nH]cc(Cc2ccc(Cl)cc2)c1=O. The number of hydrogen-bond donors (Lipinski definition) is 2. The smallest absolute Gasteiger partial charge is 0.341 e. The number of halogens is 1. The van der Waals surface area contributed by atoms with Crippen LogP contribution in [0.4, 0.5) is 0 Å². The van der Waals surface area contributed by atoms with Crippen molar-refractivity contribution in [2.75, 3.05) is 0 Å². The molecule has 0 aliphatic heterocycles. The van der Waals surface area contributed by atoms with Gasteiger partial charge in [0.05, 0.1) is 0 Å². The van der Waals surface area contributed by atoms with E-state index in [0.29, 0.717) is 17.0 Å². The van der Waals surface area contributed by atoms with Gasteiger partial charge in [-0.05, 0) is 17.7 Å². The third kappa shape index (κ3) is 2.60. The number of carboxylic acid groups (broad SMARTS) is 1. The molecule has 0 saturated carbocycles. The summed E-state index contributed by atoms with van der Waals surface area (Å²) in [6, 6.07) is 7.06. The fraction of sp³-hybridized carbons (Fsp3) is 0.0769. The topological polar surface area (TPSA) is 70.2 Å². The van der Waals surface area contributed by atoms with Gasteiger partial charge in [-0.1, -0.05) is 23.7 Å². The number of aromatic amines is 1. The summed E-state index contributed by atoms with van der Waals surface area (Å²) in [5.74, 6) is -1.23. The summed E-state index contributed by atoms with van der Waals surface area (Å²) in [6.45, 7) is 0. The molecule has 0 spiro atoms. The van der Waals surface area contributed by atoms with Crippen molar-refractivity contribution in [3.63, 3.8) is 0 Å². The summed E-state index contributed by atoms with van der Waals surface area (Å²) in [4.78, 5) is 25.4. The van der Waals surface area contributed by atoms with Crippen molar-refractivity contribution in [1.29, 1.82) is 0 Å². The fourth-order valence-electron chi connectivity index (χ4n) is 1.64. The molecule has 2 aromatic rings. The number of aromatic nitrogens is 1. The van der Waals surface area contributed by atoms with Gasteiger partial charge in [0.15, 0.2) is 5.43 Å². The van der Waals surface area contributed by atoms with Crippen molar-refractivity contribution in [2.24, 2.45) is 0 Å². The van der Waals surface area contributed by atoms with E-state index in [1.165, 1.54) is 12.4 Å². The van der Waals surface area contributed by atoms with E-state index in [-0.39, 0.29) is 5.56 Å². The second-order valence-corrected chi connectivity index (χ2v) is 4.27. The van der Waals surface area contributed by atoms with Gasteiger partial charge < -0.3 is 10.1 Å². The van der Waals surface area contributed by atoms with Crippen LogP contribution in [0.3, 0.4) is 0 Å². The first-order valence-electron chi connectivity index (χ1n) is 5.25. The number of nitrogens with one attached hydrogen (secondary N) is 1. The van der Waals surface area contributed by atoms with E-state index in [9.17, 15) is 9.59 Å². The van der Waals surface area contributed by atoms with Gasteiger partial charge >= 0.3 is 5.97 Å². The minimum absolute atomic E-state index is 0.249. The van der Waals surface area contributed by atoms with Crippen molar-refractivity contribution in [1.82, 2.24) is 4.98 Å². The summed E-state index contributed by atoms with van der Waals surface area (Å²) in [7, 11) is 0. The Morgan fingerprint density at radius 1 is 1.22 bits per heavy atom. The summed E-state index contributed by atoms with van der Waals surface area (Å²) in [6.07, 6.45) is 3.08. The van der Waals surface area contributed by atoms with E-state index in [1.54, 1.807) is 24.3 Å². The molecular formula is C13H10ClNO3. The third-order valence-electron chi connectivity index (χ3n) is 2.56. The van der Waals surface area contributed by atoms with Crippen molar-refractivity contribution < 1.29 is 9.90 Å². The maximum absolute atomic E-state index is 11.9. The summed E-state index contributed by atoms with van der Waals surface area (Å²) in [5, 5.41) is 9.47. The first kappa shape index (κ1) is 12.4. The molecule has 1 aromatic heterocycles. The lowest BCUT2D eigenvalue weighted by Crippen LogP contribution is -2.19. The average Bonchev–Trinajstić information content (AvgIpc) is 2.34. The van der Waals surface area contributed by atoms with Crippen LogP contribution in [0.15, 0.2) is 41.5 Å². The number of carboxylic acids is 1. The summed E-state index contributed by atoms with van der Waals surface area (Å²) < 4.78 is 0. The molecule has 0 bridgehead atoms. The predicted molar refractivity (Wildman–Crippen MR) is 68.3 cm³/mol. The molecule has 0 aliphatic rings. The molecule has 5 heteroatoms. The molecular weight excluding hydrogens is 254 g/mol. The number of benzene rings is 1. The highest BCUT2D eigenvalue weighted by Gasteiger charge is 2.11. The van der Waals surface area contributed by atoms with Gasteiger partial charge in [-0.3, -0.25) is 4.79 Å². The molecule has 92 valence electrons. The number of rotatable bonds is 3. The largest absolute Gasteiger partial charge is 0.477 e. The zero-order chi connectivity index (χ0) is 13.1. The van der Waals surface area contributed by atoms with Gasteiger partial charge in [0, 0.05) is 29.4 Å². The Hall–Kier alpha value is -2.07. The van der Waals surface area contributed by atoms with Gasteiger partial charge in [-0.25, -0.2) is 4.79 Å². The number of hydrogen-bond acceptors (Lipinski definition) is 2. The van der Waals surface area contributed by atoms with E-state index in [1.807, 2.05) is 0 Å². The summed E-state index contributed by atoms with van der Waals surface area (Å²) >= 11 is 5.77. The maximum atomic E-state index is 11.9. The van der Waals surface area contributed by atoms with Crippen LogP contribution >= 0.6 is 11.6 Å². The molecule has 0 saturated heterocycles. The molecule has 0 amide bonds. The minimum Gasteiger partial charge on any atom is -0.477 e. The van der Waals surface area contributed by atoms with Gasteiger partial charge in [0.2, 0.25) is 0 Å². The Bertz CT molecular complexity index is 631. The molecule has 1 heterocycles. The Morgan fingerprint density at radius 3 is 2.50 bits per heavy atom. The number of aromatic carboxylic acids is 1. The van der Waals surface area contributed by atoms with Crippen molar-refractivity contribution in [3.8, 4) is 0 Å². The highest BCUT2D eigenvalue weighted by atomic mass is 35.5. The van der Waals surface area contributed by atoms with E-state index < -0.39 is 11.4 Å². The highest BCUT2D eigenvalue weighted by Crippen LogP contribution is 2.12. The zero-order valence-electron chi connectivity index (χ0n) is 9.31. The first-order chi connectivity index (χ1) is 8.58. The van der Waals surface area contributed by atoms with Crippen LogP contribution in [0.1, 0.15) is 21.5 Å². The van der Waals surface area contributed by atoms with Crippen LogP contribution in [0.2, 0.25) is 5.02 Å². The average molecular weight is 264 g/mol. The van der Waals surface area contributed by atoms with Gasteiger partial charge in [0.1, 0.15) is 5.56 Å². The number of H-pyrrole nitrogens is 1. The van der Waals surface area contributed by atoms with Crippen LogP contribution in [-0.2, 0) is 6.42 Å². The standard InChI is InChI=1S/C13H10ClNO3/c14-10-3-1-8(2-4-10)5-9-6-15-7-11(12(9)16)13(17)18/h1-4,6-7H,5H2,(H,15,16)(H,17,18). The van der Waals surface area contributed by atoms with E-state index in [0.717, 1.165) is 5.56 Å². The molecule has 0 atom stereocenters. The lowest BCUT2D eigenvalue weighted by atomic mass is 10.0. The molecule has 0 radical (unpaired) electrons. The van der Waals surface area contributed by atoms with Gasteiger partial charge in [-0.15, -0.1) is 0 Å². The Kier molecular flexibility index (Phi) is 3.48. The second kappa shape index (κ2) is 5.06. The van der Waals surface area contributed by atoms with Gasteiger partial charge in [-0.2, -0.15) is 0 Å². The second-order valence-electron chi connectivity index (χ2n) is 3.83. The maximum Gasteiger partial charge on any atom is 0.341 e. The Labute approximate surface area is 108 Å². The van der Waals surface area contributed by atoms with Gasteiger partial charge in [0.25, 0.3) is 0 Å².